The van der Waals surface area contributed by atoms with Gasteiger partial charge in [0.1, 0.15) is 0 Å². The molecule has 0 saturated carbocycles. The molecule has 0 radical (unpaired) electrons. The summed E-state index contributed by atoms with van der Waals surface area (Å²) in [4.78, 5) is 34.2. The number of hydrogen-bond donors (Lipinski definition) is 2. The molecule has 0 fully saturated rings. The third kappa shape index (κ3) is 5.74. The van der Waals surface area contributed by atoms with Crippen LogP contribution in [0.1, 0.15) is 22.8 Å². The molecular formula is C14H15N3O4. The molecule has 0 saturated heterocycles. The van der Waals surface area contributed by atoms with Gasteiger partial charge in [0.25, 0.3) is 5.91 Å². The molecule has 2 amide bonds. The predicted molar refractivity (Wildman–Crippen MR) is 73.1 cm³/mol. The molecule has 1 rings (SSSR count). The molecule has 0 heterocycles. The van der Waals surface area contributed by atoms with E-state index in [1.54, 1.807) is 19.1 Å². The molecule has 2 N–H and O–H groups in total. The van der Waals surface area contributed by atoms with Gasteiger partial charge in [-0.2, -0.15) is 5.26 Å². The number of rotatable bonds is 6. The maximum Gasteiger partial charge on any atom is 0.338 e. The molecule has 110 valence electrons. The summed E-state index contributed by atoms with van der Waals surface area (Å²) in [5, 5.41) is 13.6. The fourth-order valence-electron chi connectivity index (χ4n) is 1.42. The van der Waals surface area contributed by atoms with E-state index in [1.165, 1.54) is 12.1 Å². The largest absolute Gasteiger partial charge is 0.452 e. The third-order valence-corrected chi connectivity index (χ3v) is 2.38. The second-order valence-corrected chi connectivity index (χ2v) is 4.00. The van der Waals surface area contributed by atoms with Crippen LogP contribution in [-0.2, 0) is 14.3 Å². The lowest BCUT2D eigenvalue weighted by Crippen LogP contribution is -2.38. The number of esters is 1. The molecule has 0 aliphatic carbocycles. The van der Waals surface area contributed by atoms with Gasteiger partial charge in [-0.05, 0) is 25.1 Å². The van der Waals surface area contributed by atoms with Crippen molar-refractivity contribution in [3.8, 4) is 6.07 Å². The monoisotopic (exact) mass is 289 g/mol. The normalized spacial score (nSPS) is 9.33. The summed E-state index contributed by atoms with van der Waals surface area (Å²) in [5.41, 5.74) is 0.510. The lowest BCUT2D eigenvalue weighted by Gasteiger charge is -2.06. The van der Waals surface area contributed by atoms with Crippen molar-refractivity contribution in [3.05, 3.63) is 35.4 Å². The van der Waals surface area contributed by atoms with Crippen LogP contribution >= 0.6 is 0 Å². The first-order valence-electron chi connectivity index (χ1n) is 6.27. The van der Waals surface area contributed by atoms with E-state index in [1.807, 2.05) is 6.07 Å². The van der Waals surface area contributed by atoms with E-state index >= 15 is 0 Å². The lowest BCUT2D eigenvalue weighted by atomic mass is 10.1. The average molecular weight is 289 g/mol. The predicted octanol–water partition coefficient (Wildman–Crippen LogP) is -0.0326. The highest BCUT2D eigenvalue weighted by Gasteiger charge is 2.11. The summed E-state index contributed by atoms with van der Waals surface area (Å²) in [7, 11) is 0. The molecule has 0 spiro atoms. The van der Waals surface area contributed by atoms with Crippen molar-refractivity contribution < 1.29 is 19.1 Å². The fourth-order valence-corrected chi connectivity index (χ4v) is 1.42. The van der Waals surface area contributed by atoms with Gasteiger partial charge >= 0.3 is 5.97 Å². The van der Waals surface area contributed by atoms with E-state index in [-0.39, 0.29) is 18.0 Å². The Hall–Kier alpha value is -2.88. The Labute approximate surface area is 121 Å². The van der Waals surface area contributed by atoms with Crippen LogP contribution in [0.5, 0.6) is 0 Å². The number of carbonyl (C=O) groups excluding carboxylic acids is 3. The van der Waals surface area contributed by atoms with Crippen LogP contribution in [0.15, 0.2) is 24.3 Å². The summed E-state index contributed by atoms with van der Waals surface area (Å²) in [6.07, 6.45) is 0. The van der Waals surface area contributed by atoms with Crippen LogP contribution in [0.3, 0.4) is 0 Å². The zero-order valence-corrected chi connectivity index (χ0v) is 11.5. The van der Waals surface area contributed by atoms with Crippen LogP contribution < -0.4 is 10.6 Å². The van der Waals surface area contributed by atoms with Crippen molar-refractivity contribution in [3.63, 3.8) is 0 Å². The van der Waals surface area contributed by atoms with Gasteiger partial charge in [0, 0.05) is 6.54 Å². The number of amides is 2. The first kappa shape index (κ1) is 16.2. The number of hydrogen-bond acceptors (Lipinski definition) is 5. The van der Waals surface area contributed by atoms with Crippen molar-refractivity contribution in [1.29, 1.82) is 5.26 Å². The maximum atomic E-state index is 11.7. The summed E-state index contributed by atoms with van der Waals surface area (Å²) in [6, 6.07) is 7.85. The van der Waals surface area contributed by atoms with E-state index in [0.717, 1.165) is 0 Å². The van der Waals surface area contributed by atoms with Crippen LogP contribution in [0.4, 0.5) is 0 Å². The Morgan fingerprint density at radius 3 is 2.67 bits per heavy atom. The van der Waals surface area contributed by atoms with Gasteiger partial charge in [0.05, 0.1) is 23.7 Å². The summed E-state index contributed by atoms with van der Waals surface area (Å²) in [6.45, 7) is 1.57. The first-order chi connectivity index (χ1) is 10.1. The molecule has 0 unspecified atom stereocenters. The Bertz CT molecular complexity index is 578. The zero-order chi connectivity index (χ0) is 15.7. The zero-order valence-electron chi connectivity index (χ0n) is 11.5. The van der Waals surface area contributed by atoms with Gasteiger partial charge in [-0.3, -0.25) is 9.59 Å². The van der Waals surface area contributed by atoms with Crippen molar-refractivity contribution in [2.75, 3.05) is 19.7 Å². The molecule has 0 atom stereocenters. The second kappa shape index (κ2) is 8.32. The standard InChI is InChI=1S/C14H15N3O4/c1-2-16-12(18)8-17-13(19)9-21-14(20)11-5-3-4-10(6-11)7-15/h3-6H,2,8-9H2,1H3,(H,16,18)(H,17,19). The van der Waals surface area contributed by atoms with E-state index in [4.69, 9.17) is 10.00 Å². The van der Waals surface area contributed by atoms with E-state index < -0.39 is 18.5 Å². The number of benzene rings is 1. The highest BCUT2D eigenvalue weighted by atomic mass is 16.5. The van der Waals surface area contributed by atoms with Crippen LogP contribution in [0.25, 0.3) is 0 Å². The van der Waals surface area contributed by atoms with Gasteiger partial charge in [-0.25, -0.2) is 4.79 Å². The molecule has 0 aromatic heterocycles. The van der Waals surface area contributed by atoms with Crippen molar-refractivity contribution in [2.24, 2.45) is 0 Å². The van der Waals surface area contributed by atoms with E-state index in [9.17, 15) is 14.4 Å². The molecular weight excluding hydrogens is 274 g/mol. The molecule has 1 aromatic rings. The van der Waals surface area contributed by atoms with Gasteiger partial charge in [-0.15, -0.1) is 0 Å². The van der Waals surface area contributed by atoms with E-state index in [0.29, 0.717) is 12.1 Å². The summed E-state index contributed by atoms with van der Waals surface area (Å²) < 4.78 is 4.79. The Morgan fingerprint density at radius 2 is 2.00 bits per heavy atom. The molecule has 0 aliphatic rings. The molecule has 0 aliphatic heterocycles. The average Bonchev–Trinajstić information content (AvgIpc) is 2.50. The quantitative estimate of drug-likeness (QED) is 0.715. The highest BCUT2D eigenvalue weighted by Crippen LogP contribution is 2.05. The van der Waals surface area contributed by atoms with E-state index in [2.05, 4.69) is 10.6 Å². The first-order valence-corrected chi connectivity index (χ1v) is 6.27. The van der Waals surface area contributed by atoms with Gasteiger partial charge in [0.15, 0.2) is 6.61 Å². The second-order valence-electron chi connectivity index (χ2n) is 4.00. The molecule has 0 bridgehead atoms. The van der Waals surface area contributed by atoms with Crippen molar-refractivity contribution in [2.45, 2.75) is 6.92 Å². The number of nitriles is 1. The third-order valence-electron chi connectivity index (χ3n) is 2.38. The fraction of sp³-hybridized carbons (Fsp3) is 0.286. The molecule has 7 nitrogen and oxygen atoms in total. The number of nitrogens with zero attached hydrogens (tertiary/aromatic N) is 1. The highest BCUT2D eigenvalue weighted by molar-refractivity contribution is 5.92. The van der Waals surface area contributed by atoms with Crippen LogP contribution in [-0.4, -0.2) is 37.5 Å². The number of nitrogens with one attached hydrogen (secondary N) is 2. The Morgan fingerprint density at radius 1 is 1.24 bits per heavy atom. The minimum Gasteiger partial charge on any atom is -0.452 e. The number of carbonyl (C=O) groups is 3. The number of likely N-dealkylation sites (N-methyl/N-ethyl adjacent to an activating group) is 1. The van der Waals surface area contributed by atoms with Gasteiger partial charge < -0.3 is 15.4 Å². The van der Waals surface area contributed by atoms with Crippen LogP contribution in [0.2, 0.25) is 0 Å². The molecule has 21 heavy (non-hydrogen) atoms. The topological polar surface area (TPSA) is 108 Å². The van der Waals surface area contributed by atoms with Crippen molar-refractivity contribution >= 4 is 17.8 Å². The van der Waals surface area contributed by atoms with Gasteiger partial charge in [0.2, 0.25) is 5.91 Å². The minimum absolute atomic E-state index is 0.172. The van der Waals surface area contributed by atoms with Crippen molar-refractivity contribution in [1.82, 2.24) is 10.6 Å². The minimum atomic E-state index is -0.708. The molecule has 7 heteroatoms. The summed E-state index contributed by atoms with van der Waals surface area (Å²) >= 11 is 0. The SMILES string of the molecule is CCNC(=O)CNC(=O)COC(=O)c1cccc(C#N)c1. The van der Waals surface area contributed by atoms with Crippen LogP contribution in [0, 0.1) is 11.3 Å². The van der Waals surface area contributed by atoms with Gasteiger partial charge in [-0.1, -0.05) is 6.07 Å². The number of ether oxygens (including phenoxy) is 1. The Kier molecular flexibility index (Phi) is 6.41. The lowest BCUT2D eigenvalue weighted by molar-refractivity contribution is -0.127. The molecule has 1 aromatic carbocycles. The maximum absolute atomic E-state index is 11.7. The summed E-state index contributed by atoms with van der Waals surface area (Å²) in [5.74, 6) is -1.61. The smallest absolute Gasteiger partial charge is 0.338 e. The Balaban J connectivity index is 2.40.